The van der Waals surface area contributed by atoms with Crippen LogP contribution in [-0.4, -0.2) is 35.0 Å². The predicted octanol–water partition coefficient (Wildman–Crippen LogP) is 4.71. The third kappa shape index (κ3) is 6.72. The molecule has 25 heavy (non-hydrogen) atoms. The fraction of sp³-hybridized carbons (Fsp3) is 0.810. The number of ketones is 1. The van der Waals surface area contributed by atoms with Gasteiger partial charge in [-0.1, -0.05) is 44.4 Å². The van der Waals surface area contributed by atoms with Gasteiger partial charge in [-0.05, 0) is 52.4 Å². The van der Waals surface area contributed by atoms with E-state index in [-0.39, 0.29) is 5.78 Å². The molecule has 1 amide bonds. The second-order valence-electron chi connectivity index (χ2n) is 8.36. The van der Waals surface area contributed by atoms with Crippen molar-refractivity contribution in [2.75, 3.05) is 6.54 Å². The van der Waals surface area contributed by atoms with Crippen LogP contribution in [-0.2, 0) is 9.53 Å². The lowest BCUT2D eigenvalue weighted by atomic mass is 9.97. The monoisotopic (exact) mass is 347 g/mol. The quantitative estimate of drug-likeness (QED) is 0.510. The number of ether oxygens (including phenoxy) is 1. The van der Waals surface area contributed by atoms with E-state index in [1.54, 1.807) is 4.90 Å². The lowest BCUT2D eigenvalue weighted by molar-refractivity contribution is -0.117. The van der Waals surface area contributed by atoms with Gasteiger partial charge in [-0.3, -0.25) is 9.69 Å². The zero-order valence-corrected chi connectivity index (χ0v) is 16.1. The van der Waals surface area contributed by atoms with E-state index in [1.165, 1.54) is 38.5 Å². The molecule has 1 unspecified atom stereocenters. The predicted molar refractivity (Wildman–Crippen MR) is 99.2 cm³/mol. The van der Waals surface area contributed by atoms with Crippen molar-refractivity contribution in [3.63, 3.8) is 0 Å². The van der Waals surface area contributed by atoms with Crippen LogP contribution in [0.15, 0.2) is 0 Å². The number of hydrogen-bond acceptors (Lipinski definition) is 3. The number of Topliss-reactive ketones (excluding diaryl/α,β-unsaturated/α-hetero) is 1. The van der Waals surface area contributed by atoms with Crippen LogP contribution in [0.1, 0.15) is 85.0 Å². The molecule has 140 valence electrons. The van der Waals surface area contributed by atoms with Crippen LogP contribution in [0.2, 0.25) is 0 Å². The Kier molecular flexibility index (Phi) is 7.35. The first-order valence-electron chi connectivity index (χ1n) is 9.92. The molecule has 0 aromatic rings. The Morgan fingerprint density at radius 2 is 1.52 bits per heavy atom. The molecule has 0 aromatic carbocycles. The van der Waals surface area contributed by atoms with Gasteiger partial charge in [0, 0.05) is 12.5 Å². The van der Waals surface area contributed by atoms with Gasteiger partial charge in [-0.15, -0.1) is 0 Å². The molecule has 0 bridgehead atoms. The van der Waals surface area contributed by atoms with E-state index in [0.29, 0.717) is 18.9 Å². The lowest BCUT2D eigenvalue weighted by Crippen LogP contribution is -2.43. The summed E-state index contributed by atoms with van der Waals surface area (Å²) in [6, 6.07) is -0.432. The number of carbonyl (C=O) groups excluding carboxylic acids is 2. The first kappa shape index (κ1) is 19.8. The Balaban J connectivity index is 1.95. The Hall–Kier alpha value is -1.50. The first-order valence-corrected chi connectivity index (χ1v) is 9.92. The van der Waals surface area contributed by atoms with E-state index in [9.17, 15) is 9.59 Å². The molecule has 2 aliphatic rings. The van der Waals surface area contributed by atoms with E-state index in [1.807, 2.05) is 20.8 Å². The molecule has 0 N–H and O–H groups in total. The molecule has 1 saturated carbocycles. The summed E-state index contributed by atoms with van der Waals surface area (Å²) in [5.41, 5.74) is -0.545. The summed E-state index contributed by atoms with van der Waals surface area (Å²) >= 11 is 0. The van der Waals surface area contributed by atoms with E-state index < -0.39 is 17.7 Å². The molecule has 0 aromatic heterocycles. The largest absolute Gasteiger partial charge is 0.444 e. The van der Waals surface area contributed by atoms with Gasteiger partial charge in [0.2, 0.25) is 5.78 Å². The topological polar surface area (TPSA) is 46.6 Å². The summed E-state index contributed by atoms with van der Waals surface area (Å²) < 4.78 is 5.43. The number of hydrogen-bond donors (Lipinski definition) is 0. The highest BCUT2D eigenvalue weighted by Crippen LogP contribution is 2.23. The van der Waals surface area contributed by atoms with Gasteiger partial charge >= 0.3 is 6.09 Å². The fourth-order valence-electron chi connectivity index (χ4n) is 3.61. The van der Waals surface area contributed by atoms with Crippen LogP contribution in [0.5, 0.6) is 0 Å². The molecular formula is C21H33NO3. The minimum absolute atomic E-state index is 0.122. The van der Waals surface area contributed by atoms with Gasteiger partial charge in [0.1, 0.15) is 11.6 Å². The summed E-state index contributed by atoms with van der Waals surface area (Å²) in [4.78, 5) is 26.4. The molecule has 2 fully saturated rings. The van der Waals surface area contributed by atoms with Crippen molar-refractivity contribution in [3.8, 4) is 11.8 Å². The molecule has 1 heterocycles. The minimum atomic E-state index is -0.545. The van der Waals surface area contributed by atoms with Crippen LogP contribution < -0.4 is 0 Å². The fourth-order valence-corrected chi connectivity index (χ4v) is 3.61. The molecule has 4 heteroatoms. The highest BCUT2D eigenvalue weighted by atomic mass is 16.6. The van der Waals surface area contributed by atoms with Crippen molar-refractivity contribution < 1.29 is 14.3 Å². The van der Waals surface area contributed by atoms with Gasteiger partial charge in [-0.2, -0.15) is 0 Å². The maximum atomic E-state index is 12.6. The zero-order chi connectivity index (χ0) is 18.3. The van der Waals surface area contributed by atoms with Crippen molar-refractivity contribution >= 4 is 11.9 Å². The van der Waals surface area contributed by atoms with E-state index >= 15 is 0 Å². The summed E-state index contributed by atoms with van der Waals surface area (Å²) in [5, 5.41) is 0. The van der Waals surface area contributed by atoms with E-state index in [2.05, 4.69) is 11.8 Å². The molecular weight excluding hydrogens is 314 g/mol. The van der Waals surface area contributed by atoms with Gasteiger partial charge in [0.05, 0.1) is 0 Å². The van der Waals surface area contributed by atoms with Crippen LogP contribution in [0.3, 0.4) is 0 Å². The molecule has 2 rings (SSSR count). The standard InChI is InChI=1S/C21H33NO3/c1-21(2,3)25-20(24)22-16-10-13-18(22)19(23)15-14-17-11-8-6-4-5-7-9-12-17/h17-18H,4-13,16H2,1-3H3. The highest BCUT2D eigenvalue weighted by molar-refractivity contribution is 6.01. The molecule has 1 aliphatic carbocycles. The van der Waals surface area contributed by atoms with Crippen molar-refractivity contribution in [2.45, 2.75) is 96.6 Å². The van der Waals surface area contributed by atoms with Crippen LogP contribution in [0, 0.1) is 17.8 Å². The number of likely N-dealkylation sites (tertiary alicyclic amines) is 1. The average molecular weight is 347 g/mol. The third-order valence-electron chi connectivity index (χ3n) is 4.94. The molecule has 1 saturated heterocycles. The summed E-state index contributed by atoms with van der Waals surface area (Å²) in [6.07, 6.45) is 11.0. The Bertz CT molecular complexity index is 513. The number of rotatable bonds is 1. The smallest absolute Gasteiger partial charge is 0.410 e. The Morgan fingerprint density at radius 1 is 0.920 bits per heavy atom. The number of amides is 1. The average Bonchev–Trinajstić information content (AvgIpc) is 3.05. The third-order valence-corrected chi connectivity index (χ3v) is 4.94. The van der Waals surface area contributed by atoms with Crippen LogP contribution in [0.4, 0.5) is 4.79 Å². The van der Waals surface area contributed by atoms with E-state index in [4.69, 9.17) is 4.74 Å². The summed E-state index contributed by atoms with van der Waals surface area (Å²) in [5.74, 6) is 6.31. The maximum absolute atomic E-state index is 12.6. The maximum Gasteiger partial charge on any atom is 0.410 e. The highest BCUT2D eigenvalue weighted by Gasteiger charge is 2.35. The number of nitrogens with zero attached hydrogens (tertiary/aromatic N) is 1. The first-order chi connectivity index (χ1) is 11.9. The summed E-state index contributed by atoms with van der Waals surface area (Å²) in [7, 11) is 0. The Labute approximate surface area is 152 Å². The summed E-state index contributed by atoms with van der Waals surface area (Å²) in [6.45, 7) is 6.11. The van der Waals surface area contributed by atoms with Crippen LogP contribution >= 0.6 is 0 Å². The van der Waals surface area contributed by atoms with Gasteiger partial charge in [0.15, 0.2) is 0 Å². The van der Waals surface area contributed by atoms with Gasteiger partial charge in [-0.25, -0.2) is 4.79 Å². The number of carbonyl (C=O) groups is 2. The van der Waals surface area contributed by atoms with Gasteiger partial charge < -0.3 is 4.74 Å². The minimum Gasteiger partial charge on any atom is -0.444 e. The van der Waals surface area contributed by atoms with Gasteiger partial charge in [0.25, 0.3) is 0 Å². The van der Waals surface area contributed by atoms with Crippen molar-refractivity contribution in [1.29, 1.82) is 0 Å². The van der Waals surface area contributed by atoms with E-state index in [0.717, 1.165) is 19.3 Å². The lowest BCUT2D eigenvalue weighted by Gasteiger charge is -2.27. The molecule has 0 radical (unpaired) electrons. The zero-order valence-electron chi connectivity index (χ0n) is 16.1. The SMILES string of the molecule is CC(C)(C)OC(=O)N1CCCC1C(=O)C#CC1CCCCCCCC1. The molecule has 4 nitrogen and oxygen atoms in total. The normalized spacial score (nSPS) is 23.0. The second kappa shape index (κ2) is 9.27. The molecule has 1 atom stereocenters. The molecule has 1 aliphatic heterocycles. The molecule has 0 spiro atoms. The Morgan fingerprint density at radius 3 is 2.12 bits per heavy atom. The second-order valence-corrected chi connectivity index (χ2v) is 8.36. The van der Waals surface area contributed by atoms with Crippen LogP contribution in [0.25, 0.3) is 0 Å². The van der Waals surface area contributed by atoms with Crippen molar-refractivity contribution in [3.05, 3.63) is 0 Å². The van der Waals surface area contributed by atoms with Crippen molar-refractivity contribution in [1.82, 2.24) is 4.90 Å². The van der Waals surface area contributed by atoms with Crippen molar-refractivity contribution in [2.24, 2.45) is 5.92 Å².